The van der Waals surface area contributed by atoms with Gasteiger partial charge in [0.25, 0.3) is 0 Å². The Labute approximate surface area is 198 Å². The summed E-state index contributed by atoms with van der Waals surface area (Å²) in [6, 6.07) is 16.6. The number of benzene rings is 2. The summed E-state index contributed by atoms with van der Waals surface area (Å²) < 4.78 is 15.1. The highest BCUT2D eigenvalue weighted by atomic mass is 32.1. The van der Waals surface area contributed by atoms with E-state index < -0.39 is 11.9 Å². The van der Waals surface area contributed by atoms with Crippen LogP contribution in [-0.2, 0) is 22.4 Å². The van der Waals surface area contributed by atoms with E-state index in [1.807, 2.05) is 48.7 Å². The molecular weight excluding hydrogens is 435 g/mol. The summed E-state index contributed by atoms with van der Waals surface area (Å²) in [5.74, 6) is -1.06. The lowest BCUT2D eigenvalue weighted by molar-refractivity contribution is -0.127. The third-order valence-electron chi connectivity index (χ3n) is 6.21. The highest BCUT2D eigenvalue weighted by Crippen LogP contribution is 2.33. The fraction of sp³-hybridized carbons (Fsp3) is 0.333. The van der Waals surface area contributed by atoms with Crippen molar-refractivity contribution >= 4 is 28.8 Å². The molecule has 1 aromatic heterocycles. The van der Waals surface area contributed by atoms with Crippen molar-refractivity contribution in [2.75, 3.05) is 4.90 Å². The number of hydrogen-bond donors (Lipinski definition) is 1. The van der Waals surface area contributed by atoms with Gasteiger partial charge in [-0.2, -0.15) is 0 Å². The molecule has 4 rings (SSSR count). The molecule has 1 fully saturated rings. The van der Waals surface area contributed by atoms with Crippen molar-refractivity contribution in [2.45, 2.75) is 57.5 Å². The molecule has 0 saturated heterocycles. The number of amides is 2. The Bertz CT molecular complexity index is 1090. The number of anilines is 1. The second-order valence-electron chi connectivity index (χ2n) is 8.42. The molecule has 33 heavy (non-hydrogen) atoms. The Morgan fingerprint density at radius 3 is 2.48 bits per heavy atom. The third kappa shape index (κ3) is 5.33. The number of hydrogen-bond acceptors (Lipinski definition) is 3. The first-order valence-corrected chi connectivity index (χ1v) is 12.4. The van der Waals surface area contributed by atoms with E-state index >= 15 is 4.39 Å². The Morgan fingerprint density at radius 1 is 1.06 bits per heavy atom. The molecule has 1 N–H and O–H groups in total. The quantitative estimate of drug-likeness (QED) is 0.456. The van der Waals surface area contributed by atoms with Gasteiger partial charge in [0.1, 0.15) is 11.9 Å². The Hall–Kier alpha value is -2.99. The minimum Gasteiger partial charge on any atom is -0.351 e. The second-order valence-corrected chi connectivity index (χ2v) is 9.45. The van der Waals surface area contributed by atoms with E-state index in [1.165, 1.54) is 22.3 Å². The van der Waals surface area contributed by atoms with E-state index in [4.69, 9.17) is 0 Å². The minimum absolute atomic E-state index is 0.0578. The van der Waals surface area contributed by atoms with Crippen molar-refractivity contribution in [3.8, 4) is 0 Å². The molecule has 6 heteroatoms. The van der Waals surface area contributed by atoms with Crippen molar-refractivity contribution in [1.82, 2.24) is 5.32 Å². The molecule has 1 aliphatic rings. The number of carbonyl (C=O) groups is 2. The molecule has 172 valence electrons. The average Bonchev–Trinajstić information content (AvgIpc) is 3.52. The van der Waals surface area contributed by atoms with Crippen LogP contribution in [0.2, 0.25) is 0 Å². The van der Waals surface area contributed by atoms with E-state index in [9.17, 15) is 9.59 Å². The Morgan fingerprint density at radius 2 is 1.79 bits per heavy atom. The lowest BCUT2D eigenvalue weighted by Gasteiger charge is -2.33. The van der Waals surface area contributed by atoms with Crippen LogP contribution in [0.1, 0.15) is 54.7 Å². The molecule has 3 aromatic rings. The van der Waals surface area contributed by atoms with E-state index in [0.717, 1.165) is 36.1 Å². The second kappa shape index (κ2) is 10.8. The molecule has 2 amide bonds. The van der Waals surface area contributed by atoms with Gasteiger partial charge >= 0.3 is 0 Å². The number of nitrogens with zero attached hydrogens (tertiary/aromatic N) is 1. The van der Waals surface area contributed by atoms with Crippen molar-refractivity contribution < 1.29 is 14.0 Å². The van der Waals surface area contributed by atoms with E-state index in [1.54, 1.807) is 18.2 Å². The number of carbonyl (C=O) groups excluding carboxylic acids is 2. The summed E-state index contributed by atoms with van der Waals surface area (Å²) in [4.78, 5) is 29.9. The van der Waals surface area contributed by atoms with Gasteiger partial charge in [-0.3, -0.25) is 14.5 Å². The van der Waals surface area contributed by atoms with Crippen LogP contribution in [0.15, 0.2) is 66.0 Å². The molecular formula is C27H29FN2O2S. The summed E-state index contributed by atoms with van der Waals surface area (Å²) in [6.45, 7) is 2.01. The van der Waals surface area contributed by atoms with Gasteiger partial charge in [0.05, 0.1) is 6.42 Å². The zero-order valence-corrected chi connectivity index (χ0v) is 19.6. The molecule has 1 saturated carbocycles. The first-order valence-electron chi connectivity index (χ1n) is 11.6. The van der Waals surface area contributed by atoms with Crippen LogP contribution in [0.5, 0.6) is 0 Å². The van der Waals surface area contributed by atoms with E-state index in [2.05, 4.69) is 5.32 Å². The van der Waals surface area contributed by atoms with Gasteiger partial charge in [0.15, 0.2) is 0 Å². The maximum atomic E-state index is 15.1. The molecule has 1 atom stereocenters. The van der Waals surface area contributed by atoms with Crippen molar-refractivity contribution in [3.63, 3.8) is 0 Å². The van der Waals surface area contributed by atoms with Gasteiger partial charge in [-0.1, -0.05) is 62.2 Å². The zero-order chi connectivity index (χ0) is 23.2. The molecule has 1 aliphatic carbocycles. The van der Waals surface area contributed by atoms with Gasteiger partial charge in [-0.25, -0.2) is 4.39 Å². The number of para-hydroxylation sites is 1. The molecule has 4 nitrogen and oxygen atoms in total. The van der Waals surface area contributed by atoms with Gasteiger partial charge < -0.3 is 5.32 Å². The van der Waals surface area contributed by atoms with E-state index in [-0.39, 0.29) is 29.8 Å². The average molecular weight is 465 g/mol. The van der Waals surface area contributed by atoms with Gasteiger partial charge in [-0.05, 0) is 48.4 Å². The van der Waals surface area contributed by atoms with Gasteiger partial charge in [0, 0.05) is 22.2 Å². The predicted molar refractivity (Wildman–Crippen MR) is 131 cm³/mol. The van der Waals surface area contributed by atoms with Crippen LogP contribution >= 0.6 is 11.3 Å². The smallest absolute Gasteiger partial charge is 0.248 e. The third-order valence-corrected chi connectivity index (χ3v) is 7.09. The molecule has 0 radical (unpaired) electrons. The normalized spacial score (nSPS) is 14.7. The fourth-order valence-corrected chi connectivity index (χ4v) is 5.25. The predicted octanol–water partition coefficient (Wildman–Crippen LogP) is 5.83. The number of thiophene rings is 1. The maximum absolute atomic E-state index is 15.1. The van der Waals surface area contributed by atoms with Crippen LogP contribution in [0.4, 0.5) is 10.1 Å². The van der Waals surface area contributed by atoms with Crippen molar-refractivity contribution in [3.05, 3.63) is 87.9 Å². The number of nitrogens with one attached hydrogen (secondary N) is 1. The number of halogens is 1. The monoisotopic (exact) mass is 464 g/mol. The summed E-state index contributed by atoms with van der Waals surface area (Å²) >= 11 is 1.50. The zero-order valence-electron chi connectivity index (χ0n) is 18.8. The van der Waals surface area contributed by atoms with Crippen molar-refractivity contribution in [2.24, 2.45) is 0 Å². The molecule has 0 unspecified atom stereocenters. The Kier molecular flexibility index (Phi) is 7.55. The van der Waals surface area contributed by atoms with Gasteiger partial charge in [0.2, 0.25) is 11.8 Å². The lowest BCUT2D eigenvalue weighted by Crippen LogP contribution is -2.47. The lowest BCUT2D eigenvalue weighted by atomic mass is 9.99. The van der Waals surface area contributed by atoms with Crippen molar-refractivity contribution in [1.29, 1.82) is 0 Å². The fourth-order valence-electron chi connectivity index (χ4n) is 4.55. The highest BCUT2D eigenvalue weighted by Gasteiger charge is 2.36. The van der Waals surface area contributed by atoms with Crippen LogP contribution in [-0.4, -0.2) is 17.9 Å². The largest absolute Gasteiger partial charge is 0.351 e. The summed E-state index contributed by atoms with van der Waals surface area (Å²) in [6.07, 6.45) is 4.78. The Balaban J connectivity index is 1.81. The van der Waals surface area contributed by atoms with Gasteiger partial charge in [-0.15, -0.1) is 11.3 Å². The van der Waals surface area contributed by atoms with Crippen LogP contribution in [0, 0.1) is 5.82 Å². The van der Waals surface area contributed by atoms with Crippen LogP contribution < -0.4 is 10.2 Å². The maximum Gasteiger partial charge on any atom is 0.248 e. The highest BCUT2D eigenvalue weighted by molar-refractivity contribution is 7.10. The summed E-state index contributed by atoms with van der Waals surface area (Å²) in [7, 11) is 0. The number of rotatable bonds is 8. The topological polar surface area (TPSA) is 49.4 Å². The van der Waals surface area contributed by atoms with E-state index in [0.29, 0.717) is 12.1 Å². The molecule has 1 heterocycles. The minimum atomic E-state index is -1.09. The molecule has 0 spiro atoms. The molecule has 0 aliphatic heterocycles. The summed E-state index contributed by atoms with van der Waals surface area (Å²) in [5.41, 5.74) is 1.79. The molecule has 2 aromatic carbocycles. The summed E-state index contributed by atoms with van der Waals surface area (Å²) in [5, 5.41) is 5.03. The van der Waals surface area contributed by atoms with Crippen LogP contribution in [0.25, 0.3) is 0 Å². The van der Waals surface area contributed by atoms with Crippen LogP contribution in [0.3, 0.4) is 0 Å². The standard InChI is InChI=1S/C27H29FN2O2S/c1-2-19-10-3-8-16-24(19)30(25(31)18-21-13-9-17-33-21)26(22-14-6-7-15-23(22)28)27(32)29-20-11-4-5-12-20/h3,6-10,13-17,20,26H,2,4-5,11-12,18H2,1H3,(H,29,32)/t26-/m0/s1. The number of aryl methyl sites for hydroxylation is 1. The SMILES string of the molecule is CCc1ccccc1N(C(=O)Cc1cccs1)[C@H](C(=O)NC1CCCC1)c1ccccc1F. The first kappa shape index (κ1) is 23.2. The first-order chi connectivity index (χ1) is 16.1. The molecule has 0 bridgehead atoms.